The van der Waals surface area contributed by atoms with Crippen molar-refractivity contribution >= 4 is 39.0 Å². The molecule has 0 aliphatic carbocycles. The molecule has 0 radical (unpaired) electrons. The average Bonchev–Trinajstić information content (AvgIpc) is 3.06. The molecule has 0 fully saturated rings. The summed E-state index contributed by atoms with van der Waals surface area (Å²) in [5.74, 6) is 1.28. The van der Waals surface area contributed by atoms with E-state index in [1.54, 1.807) is 11.3 Å². The van der Waals surface area contributed by atoms with Crippen LogP contribution in [0.3, 0.4) is 0 Å². The monoisotopic (exact) mass is 367 g/mol. The van der Waals surface area contributed by atoms with E-state index in [1.165, 1.54) is 11.8 Å². The van der Waals surface area contributed by atoms with E-state index < -0.39 is 0 Å². The number of nitrogens with zero attached hydrogens (tertiary/aromatic N) is 3. The van der Waals surface area contributed by atoms with Crippen molar-refractivity contribution in [3.05, 3.63) is 44.8 Å². The molecule has 3 aromatic rings. The first-order chi connectivity index (χ1) is 9.70. The second kappa shape index (κ2) is 6.07. The van der Waals surface area contributed by atoms with Crippen molar-refractivity contribution in [3.63, 3.8) is 0 Å². The van der Waals surface area contributed by atoms with E-state index in [0.717, 1.165) is 26.5 Å². The van der Waals surface area contributed by atoms with Crippen LogP contribution in [0.2, 0.25) is 0 Å². The first-order valence-corrected chi connectivity index (χ1v) is 8.50. The first kappa shape index (κ1) is 13.8. The molecular weight excluding hydrogens is 358 g/mol. The summed E-state index contributed by atoms with van der Waals surface area (Å²) in [4.78, 5) is 4.40. The molecule has 2 heterocycles. The Balaban J connectivity index is 1.69. The first-order valence-electron chi connectivity index (χ1n) is 5.84. The molecule has 0 aliphatic rings. The van der Waals surface area contributed by atoms with Crippen molar-refractivity contribution in [3.8, 4) is 11.5 Å². The van der Waals surface area contributed by atoms with Gasteiger partial charge in [0.15, 0.2) is 0 Å². The van der Waals surface area contributed by atoms with Crippen LogP contribution in [0.5, 0.6) is 0 Å². The summed E-state index contributed by atoms with van der Waals surface area (Å²) in [5, 5.41) is 11.8. The quantitative estimate of drug-likeness (QED) is 0.632. The van der Waals surface area contributed by atoms with Crippen LogP contribution in [0.4, 0.5) is 0 Å². The van der Waals surface area contributed by atoms with Crippen LogP contribution in [0.1, 0.15) is 10.7 Å². The van der Waals surface area contributed by atoms with Gasteiger partial charge in [0.05, 0.1) is 10.7 Å². The largest absolute Gasteiger partial charge is 0.411 e. The van der Waals surface area contributed by atoms with Gasteiger partial charge in [-0.15, -0.1) is 21.5 Å². The number of hydrogen-bond donors (Lipinski definition) is 0. The van der Waals surface area contributed by atoms with Crippen molar-refractivity contribution in [2.24, 2.45) is 0 Å². The minimum atomic E-state index is 0.537. The smallest absolute Gasteiger partial charge is 0.277 e. The Morgan fingerprint density at radius 3 is 2.75 bits per heavy atom. The van der Waals surface area contributed by atoms with Gasteiger partial charge in [0, 0.05) is 21.2 Å². The lowest BCUT2D eigenvalue weighted by Gasteiger charge is -1.94. The fourth-order valence-corrected chi connectivity index (χ4v) is 3.23. The minimum Gasteiger partial charge on any atom is -0.411 e. The summed E-state index contributed by atoms with van der Waals surface area (Å²) >= 11 is 6.55. The van der Waals surface area contributed by atoms with Gasteiger partial charge in [-0.1, -0.05) is 27.7 Å². The Morgan fingerprint density at radius 2 is 2.05 bits per heavy atom. The van der Waals surface area contributed by atoms with Gasteiger partial charge in [0.1, 0.15) is 0 Å². The molecule has 102 valence electrons. The highest BCUT2D eigenvalue weighted by molar-refractivity contribution is 9.10. The van der Waals surface area contributed by atoms with Gasteiger partial charge in [-0.3, -0.25) is 0 Å². The highest BCUT2D eigenvalue weighted by Gasteiger charge is 2.10. The van der Waals surface area contributed by atoms with E-state index in [1.807, 2.05) is 36.6 Å². The molecule has 4 nitrogen and oxygen atoms in total. The maximum atomic E-state index is 5.64. The average molecular weight is 368 g/mol. The number of thiazole rings is 1. The summed E-state index contributed by atoms with van der Waals surface area (Å²) in [5.41, 5.74) is 1.96. The standard InChI is InChI=1S/C13H10BrN3OS2/c1-8-15-11(6-19-8)7-20-13-17-16-12(18-13)9-2-4-10(14)5-3-9/h2-6H,7H2,1H3. The van der Waals surface area contributed by atoms with Crippen molar-refractivity contribution in [1.82, 2.24) is 15.2 Å². The Bertz CT molecular complexity index is 708. The maximum absolute atomic E-state index is 5.64. The van der Waals surface area contributed by atoms with Crippen molar-refractivity contribution in [2.75, 3.05) is 0 Å². The molecule has 0 saturated heterocycles. The zero-order valence-corrected chi connectivity index (χ0v) is 13.8. The number of benzene rings is 1. The van der Waals surface area contributed by atoms with Crippen molar-refractivity contribution in [1.29, 1.82) is 0 Å². The molecule has 0 atom stereocenters. The summed E-state index contributed by atoms with van der Waals surface area (Å²) < 4.78 is 6.66. The van der Waals surface area contributed by atoms with E-state index in [9.17, 15) is 0 Å². The van der Waals surface area contributed by atoms with Crippen LogP contribution in [0.25, 0.3) is 11.5 Å². The summed E-state index contributed by atoms with van der Waals surface area (Å²) in [6, 6.07) is 7.78. The van der Waals surface area contributed by atoms with Gasteiger partial charge < -0.3 is 4.42 Å². The Kier molecular flexibility index (Phi) is 4.18. The molecule has 0 spiro atoms. The van der Waals surface area contributed by atoms with Gasteiger partial charge >= 0.3 is 0 Å². The SMILES string of the molecule is Cc1nc(CSc2nnc(-c3ccc(Br)cc3)o2)cs1. The molecule has 20 heavy (non-hydrogen) atoms. The molecule has 7 heteroatoms. The van der Waals surface area contributed by atoms with Gasteiger partial charge in [0.2, 0.25) is 5.89 Å². The maximum Gasteiger partial charge on any atom is 0.277 e. The van der Waals surface area contributed by atoms with E-state index in [4.69, 9.17) is 4.42 Å². The van der Waals surface area contributed by atoms with Crippen LogP contribution in [0, 0.1) is 6.92 Å². The molecular formula is C13H10BrN3OS2. The van der Waals surface area contributed by atoms with Crippen LogP contribution in [-0.4, -0.2) is 15.2 Å². The molecule has 1 aromatic carbocycles. The van der Waals surface area contributed by atoms with E-state index >= 15 is 0 Å². The molecule has 0 unspecified atom stereocenters. The molecule has 0 saturated carbocycles. The van der Waals surface area contributed by atoms with Crippen molar-refractivity contribution in [2.45, 2.75) is 17.9 Å². The molecule has 0 aliphatic heterocycles. The van der Waals surface area contributed by atoms with Crippen LogP contribution in [-0.2, 0) is 5.75 Å². The number of aryl methyl sites for hydroxylation is 1. The fourth-order valence-electron chi connectivity index (χ4n) is 1.59. The van der Waals surface area contributed by atoms with Gasteiger partial charge in [-0.2, -0.15) is 0 Å². The van der Waals surface area contributed by atoms with Crippen LogP contribution < -0.4 is 0 Å². The summed E-state index contributed by atoms with van der Waals surface area (Å²) in [6.45, 7) is 2.00. The number of aromatic nitrogens is 3. The van der Waals surface area contributed by atoms with E-state index in [0.29, 0.717) is 11.1 Å². The zero-order valence-electron chi connectivity index (χ0n) is 10.5. The third-order valence-corrected chi connectivity index (χ3v) is 4.71. The lowest BCUT2D eigenvalue weighted by molar-refractivity contribution is 0.466. The Labute approximate surface area is 132 Å². The number of hydrogen-bond acceptors (Lipinski definition) is 6. The second-order valence-corrected chi connectivity index (χ2v) is 6.93. The third kappa shape index (κ3) is 3.28. The molecule has 0 N–H and O–H groups in total. The van der Waals surface area contributed by atoms with Crippen LogP contribution in [0.15, 0.2) is 43.8 Å². The Morgan fingerprint density at radius 1 is 1.25 bits per heavy atom. The van der Waals surface area contributed by atoms with E-state index in [-0.39, 0.29) is 0 Å². The number of rotatable bonds is 4. The zero-order chi connectivity index (χ0) is 13.9. The molecule has 0 amide bonds. The predicted molar refractivity (Wildman–Crippen MR) is 83.8 cm³/mol. The number of halogens is 1. The molecule has 0 bridgehead atoms. The lowest BCUT2D eigenvalue weighted by Crippen LogP contribution is -1.80. The Hall–Kier alpha value is -1.18. The van der Waals surface area contributed by atoms with Gasteiger partial charge in [-0.25, -0.2) is 4.98 Å². The van der Waals surface area contributed by atoms with Gasteiger partial charge in [-0.05, 0) is 31.2 Å². The highest BCUT2D eigenvalue weighted by Crippen LogP contribution is 2.26. The van der Waals surface area contributed by atoms with Crippen LogP contribution >= 0.6 is 39.0 Å². The second-order valence-electron chi connectivity index (χ2n) is 4.03. The fraction of sp³-hybridized carbons (Fsp3) is 0.154. The predicted octanol–water partition coefficient (Wildman–Crippen LogP) is 4.56. The number of thioether (sulfide) groups is 1. The summed E-state index contributed by atoms with van der Waals surface area (Å²) in [6.07, 6.45) is 0. The normalized spacial score (nSPS) is 10.9. The highest BCUT2D eigenvalue weighted by atomic mass is 79.9. The van der Waals surface area contributed by atoms with E-state index in [2.05, 4.69) is 31.1 Å². The lowest BCUT2D eigenvalue weighted by atomic mass is 10.2. The topological polar surface area (TPSA) is 51.8 Å². The molecule has 3 rings (SSSR count). The molecule has 2 aromatic heterocycles. The third-order valence-electron chi connectivity index (χ3n) is 2.51. The van der Waals surface area contributed by atoms with Crippen molar-refractivity contribution < 1.29 is 4.42 Å². The summed E-state index contributed by atoms with van der Waals surface area (Å²) in [7, 11) is 0. The van der Waals surface area contributed by atoms with Gasteiger partial charge in [0.25, 0.3) is 5.22 Å². The minimum absolute atomic E-state index is 0.537.